The van der Waals surface area contributed by atoms with Crippen molar-refractivity contribution in [1.29, 1.82) is 0 Å². The molecule has 0 radical (unpaired) electrons. The number of carbonyl (C=O) groups is 2. The lowest BCUT2D eigenvalue weighted by Gasteiger charge is -2.17. The molecule has 0 spiro atoms. The second kappa shape index (κ2) is 11.5. The molecule has 1 heterocycles. The molecule has 32 heavy (non-hydrogen) atoms. The van der Waals surface area contributed by atoms with Crippen molar-refractivity contribution >= 4 is 11.9 Å². The van der Waals surface area contributed by atoms with E-state index in [1.807, 2.05) is 60.7 Å². The zero-order valence-corrected chi connectivity index (χ0v) is 18.2. The first kappa shape index (κ1) is 22.8. The van der Waals surface area contributed by atoms with Gasteiger partial charge in [0.1, 0.15) is 0 Å². The van der Waals surface area contributed by atoms with Gasteiger partial charge in [0.05, 0.1) is 6.54 Å². The fraction of sp³-hybridized carbons (Fsp3) is 0.240. The minimum atomic E-state index is -0.316. The zero-order valence-electron chi connectivity index (χ0n) is 18.2. The Hall–Kier alpha value is -3.87. The van der Waals surface area contributed by atoms with Crippen LogP contribution in [0.4, 0.5) is 4.79 Å². The number of pyridine rings is 1. The van der Waals surface area contributed by atoms with Crippen LogP contribution in [-0.2, 0) is 24.4 Å². The van der Waals surface area contributed by atoms with Crippen LogP contribution in [0.3, 0.4) is 0 Å². The summed E-state index contributed by atoms with van der Waals surface area (Å²) in [5.41, 5.74) is 2.98. The summed E-state index contributed by atoms with van der Waals surface area (Å²) in [5.74, 6) is -0.0257. The average Bonchev–Trinajstić information content (AvgIpc) is 2.80. The summed E-state index contributed by atoms with van der Waals surface area (Å²) in [7, 11) is 1.76. The van der Waals surface area contributed by atoms with E-state index in [0.29, 0.717) is 19.6 Å². The molecular formula is C25H28N4O3. The monoisotopic (exact) mass is 432 g/mol. The third-order valence-electron chi connectivity index (χ3n) is 5.04. The van der Waals surface area contributed by atoms with Crippen LogP contribution in [-0.4, -0.2) is 35.0 Å². The lowest BCUT2D eigenvalue weighted by Crippen LogP contribution is -2.37. The number of aromatic nitrogens is 1. The summed E-state index contributed by atoms with van der Waals surface area (Å²) < 4.78 is 1.64. The number of hydrogen-bond acceptors (Lipinski definition) is 3. The van der Waals surface area contributed by atoms with E-state index in [1.165, 1.54) is 6.07 Å². The average molecular weight is 433 g/mol. The van der Waals surface area contributed by atoms with E-state index in [-0.39, 0.29) is 30.5 Å². The van der Waals surface area contributed by atoms with Crippen molar-refractivity contribution in [1.82, 2.24) is 20.1 Å². The highest BCUT2D eigenvalue weighted by Gasteiger charge is 2.10. The Morgan fingerprint density at radius 2 is 1.53 bits per heavy atom. The van der Waals surface area contributed by atoms with E-state index in [9.17, 15) is 14.4 Å². The Bertz CT molecular complexity index is 1080. The quantitative estimate of drug-likeness (QED) is 0.545. The van der Waals surface area contributed by atoms with Gasteiger partial charge in [0, 0.05) is 45.4 Å². The van der Waals surface area contributed by atoms with Gasteiger partial charge in [0.25, 0.3) is 5.56 Å². The zero-order chi connectivity index (χ0) is 22.8. The topological polar surface area (TPSA) is 83.4 Å². The summed E-state index contributed by atoms with van der Waals surface area (Å²) in [6.07, 6.45) is 2.00. The molecule has 0 fully saturated rings. The van der Waals surface area contributed by atoms with Gasteiger partial charge >= 0.3 is 6.03 Å². The molecule has 0 saturated carbocycles. The number of nitrogens with one attached hydrogen (secondary N) is 2. The Kier molecular flexibility index (Phi) is 8.20. The predicted octanol–water partition coefficient (Wildman–Crippen LogP) is 2.74. The maximum absolute atomic E-state index is 12.2. The molecule has 0 aliphatic carbocycles. The van der Waals surface area contributed by atoms with Crippen molar-refractivity contribution in [3.8, 4) is 0 Å². The molecule has 7 heteroatoms. The lowest BCUT2D eigenvalue weighted by atomic mass is 10.1. The molecule has 0 atom stereocenters. The first-order chi connectivity index (χ1) is 15.5. The summed E-state index contributed by atoms with van der Waals surface area (Å²) in [6.45, 7) is 1.69. The molecule has 3 rings (SSSR count). The molecule has 0 aliphatic rings. The normalized spacial score (nSPS) is 10.4. The van der Waals surface area contributed by atoms with Gasteiger partial charge in [-0.05, 0) is 22.8 Å². The molecular weight excluding hydrogens is 404 g/mol. The van der Waals surface area contributed by atoms with Gasteiger partial charge in [-0.1, -0.05) is 60.7 Å². The molecule has 0 aliphatic heterocycles. The number of urea groups is 1. The number of carbonyl (C=O) groups excluding carboxylic acids is 2. The highest BCUT2D eigenvalue weighted by Crippen LogP contribution is 2.06. The van der Waals surface area contributed by atoms with E-state index in [2.05, 4.69) is 10.6 Å². The summed E-state index contributed by atoms with van der Waals surface area (Å²) in [6, 6.07) is 22.3. The molecule has 0 bridgehead atoms. The Labute approximate surface area is 187 Å². The molecule has 2 N–H and O–H groups in total. The molecule has 0 unspecified atom stereocenters. The predicted molar refractivity (Wildman–Crippen MR) is 124 cm³/mol. The van der Waals surface area contributed by atoms with Crippen molar-refractivity contribution in [2.45, 2.75) is 26.1 Å². The molecule has 3 aromatic rings. The highest BCUT2D eigenvalue weighted by atomic mass is 16.2. The second-order valence-corrected chi connectivity index (χ2v) is 7.58. The van der Waals surface area contributed by atoms with Gasteiger partial charge in [-0.3, -0.25) is 9.59 Å². The second-order valence-electron chi connectivity index (χ2n) is 7.58. The first-order valence-corrected chi connectivity index (χ1v) is 10.5. The molecule has 0 saturated heterocycles. The van der Waals surface area contributed by atoms with Crippen molar-refractivity contribution in [3.05, 3.63) is 106 Å². The lowest BCUT2D eigenvalue weighted by molar-refractivity contribution is -0.130. The SMILES string of the molecule is CN(Cc1ccccc1)C(=O)CCNC(=O)NCc1ccc(Cn2ccccc2=O)cc1. The summed E-state index contributed by atoms with van der Waals surface area (Å²) in [4.78, 5) is 37.7. The maximum Gasteiger partial charge on any atom is 0.315 e. The van der Waals surface area contributed by atoms with Gasteiger partial charge in [0.2, 0.25) is 5.91 Å². The van der Waals surface area contributed by atoms with Crippen molar-refractivity contribution in [2.24, 2.45) is 0 Å². The smallest absolute Gasteiger partial charge is 0.315 e. The van der Waals surface area contributed by atoms with Crippen LogP contribution in [0.1, 0.15) is 23.1 Å². The van der Waals surface area contributed by atoms with E-state index in [1.54, 1.807) is 28.8 Å². The van der Waals surface area contributed by atoms with Crippen molar-refractivity contribution in [3.63, 3.8) is 0 Å². The maximum atomic E-state index is 12.2. The van der Waals surface area contributed by atoms with Crippen LogP contribution < -0.4 is 16.2 Å². The fourth-order valence-corrected chi connectivity index (χ4v) is 3.21. The summed E-state index contributed by atoms with van der Waals surface area (Å²) in [5, 5.41) is 5.51. The van der Waals surface area contributed by atoms with Gasteiger partial charge in [0.15, 0.2) is 0 Å². The van der Waals surface area contributed by atoms with Crippen LogP contribution >= 0.6 is 0 Å². The molecule has 1 aromatic heterocycles. The van der Waals surface area contributed by atoms with Crippen LogP contribution in [0.5, 0.6) is 0 Å². The van der Waals surface area contributed by atoms with Gasteiger partial charge < -0.3 is 20.1 Å². The molecule has 7 nitrogen and oxygen atoms in total. The largest absolute Gasteiger partial charge is 0.341 e. The van der Waals surface area contributed by atoms with Crippen molar-refractivity contribution < 1.29 is 9.59 Å². The number of rotatable bonds is 9. The third-order valence-corrected chi connectivity index (χ3v) is 5.04. The molecule has 3 amide bonds. The first-order valence-electron chi connectivity index (χ1n) is 10.5. The van der Waals surface area contributed by atoms with Crippen LogP contribution in [0, 0.1) is 0 Å². The number of amides is 3. The van der Waals surface area contributed by atoms with Gasteiger partial charge in [-0.25, -0.2) is 4.79 Å². The van der Waals surface area contributed by atoms with E-state index < -0.39 is 0 Å². The number of hydrogen-bond donors (Lipinski definition) is 2. The van der Waals surface area contributed by atoms with Crippen molar-refractivity contribution in [2.75, 3.05) is 13.6 Å². The number of nitrogens with zero attached hydrogens (tertiary/aromatic N) is 2. The number of benzene rings is 2. The highest BCUT2D eigenvalue weighted by molar-refractivity contribution is 5.78. The van der Waals surface area contributed by atoms with Crippen LogP contribution in [0.15, 0.2) is 83.8 Å². The summed E-state index contributed by atoms with van der Waals surface area (Å²) >= 11 is 0. The van der Waals surface area contributed by atoms with Crippen LogP contribution in [0.2, 0.25) is 0 Å². The van der Waals surface area contributed by atoms with Gasteiger partial charge in [-0.2, -0.15) is 0 Å². The van der Waals surface area contributed by atoms with Gasteiger partial charge in [-0.15, -0.1) is 0 Å². The fourth-order valence-electron chi connectivity index (χ4n) is 3.21. The Morgan fingerprint density at radius 3 is 2.25 bits per heavy atom. The van der Waals surface area contributed by atoms with E-state index >= 15 is 0 Å². The minimum absolute atomic E-state index is 0.0257. The van der Waals surface area contributed by atoms with Crippen LogP contribution in [0.25, 0.3) is 0 Å². The minimum Gasteiger partial charge on any atom is -0.341 e. The Balaban J connectivity index is 1.36. The molecule has 166 valence electrons. The third kappa shape index (κ3) is 7.12. The van der Waals surface area contributed by atoms with E-state index in [0.717, 1.165) is 16.7 Å². The Morgan fingerprint density at radius 1 is 0.844 bits per heavy atom. The standard InChI is InChI=1S/C25H28N4O3/c1-28(18-21-7-3-2-4-8-21)23(30)14-15-26-25(32)27-17-20-10-12-22(13-11-20)19-29-16-6-5-9-24(29)31/h2-13,16H,14-15,17-19H2,1H3,(H2,26,27,32). The molecule has 2 aromatic carbocycles. The van der Waals surface area contributed by atoms with E-state index in [4.69, 9.17) is 0 Å².